The molecule has 0 heterocycles. The Morgan fingerprint density at radius 3 is 2.41 bits per heavy atom. The molecular formula is C12H15BrFNO2. The van der Waals surface area contributed by atoms with Crippen molar-refractivity contribution in [2.45, 2.75) is 32.1 Å². The zero-order valence-electron chi connectivity index (χ0n) is 9.76. The zero-order valence-corrected chi connectivity index (χ0v) is 11.3. The predicted molar refractivity (Wildman–Crippen MR) is 68.4 cm³/mol. The fourth-order valence-corrected chi connectivity index (χ4v) is 2.46. The summed E-state index contributed by atoms with van der Waals surface area (Å²) in [5, 5.41) is 9.39. The molecule has 1 aromatic rings. The summed E-state index contributed by atoms with van der Waals surface area (Å²) in [6.45, 7) is 3.52. The van der Waals surface area contributed by atoms with Crippen LogP contribution in [0.25, 0.3) is 0 Å². The van der Waals surface area contributed by atoms with Gasteiger partial charge in [-0.25, -0.2) is 4.39 Å². The number of nitrogen functional groups attached to an aromatic ring is 1. The van der Waals surface area contributed by atoms with Crippen molar-refractivity contribution in [1.82, 2.24) is 0 Å². The molecule has 0 unspecified atom stereocenters. The van der Waals surface area contributed by atoms with E-state index in [1.807, 2.05) is 0 Å². The Bertz CT molecular complexity index is 444. The summed E-state index contributed by atoms with van der Waals surface area (Å²) >= 11 is 3.14. The van der Waals surface area contributed by atoms with Gasteiger partial charge in [0.15, 0.2) is 0 Å². The summed E-state index contributed by atoms with van der Waals surface area (Å²) < 4.78 is 13.8. The molecule has 0 aliphatic heterocycles. The van der Waals surface area contributed by atoms with Crippen LogP contribution < -0.4 is 5.73 Å². The highest BCUT2D eigenvalue weighted by Gasteiger charge is 2.39. The van der Waals surface area contributed by atoms with Crippen molar-refractivity contribution in [1.29, 1.82) is 0 Å². The molecule has 5 heteroatoms. The predicted octanol–water partition coefficient (Wildman–Crippen LogP) is 3.31. The van der Waals surface area contributed by atoms with Gasteiger partial charge in [-0.2, -0.15) is 0 Å². The molecule has 0 amide bonds. The van der Waals surface area contributed by atoms with Gasteiger partial charge >= 0.3 is 5.97 Å². The Balaban J connectivity index is 3.53. The van der Waals surface area contributed by atoms with E-state index in [1.165, 1.54) is 12.1 Å². The Morgan fingerprint density at radius 1 is 1.47 bits per heavy atom. The highest BCUT2D eigenvalue weighted by molar-refractivity contribution is 9.10. The van der Waals surface area contributed by atoms with Crippen LogP contribution in [0.2, 0.25) is 0 Å². The first-order valence-corrected chi connectivity index (χ1v) is 6.16. The van der Waals surface area contributed by atoms with Crippen molar-refractivity contribution in [3.05, 3.63) is 28.0 Å². The Morgan fingerprint density at radius 2 is 2.00 bits per heavy atom. The van der Waals surface area contributed by atoms with Gasteiger partial charge in [0.05, 0.1) is 11.1 Å². The third kappa shape index (κ3) is 2.29. The number of rotatable bonds is 4. The van der Waals surface area contributed by atoms with Crippen LogP contribution in [0, 0.1) is 5.82 Å². The third-order valence-corrected chi connectivity index (χ3v) is 3.88. The van der Waals surface area contributed by atoms with Crippen molar-refractivity contribution in [2.24, 2.45) is 0 Å². The molecule has 0 aliphatic rings. The van der Waals surface area contributed by atoms with E-state index >= 15 is 0 Å². The van der Waals surface area contributed by atoms with E-state index < -0.39 is 17.2 Å². The lowest BCUT2D eigenvalue weighted by molar-refractivity contribution is -0.144. The van der Waals surface area contributed by atoms with Crippen LogP contribution in [0.4, 0.5) is 10.1 Å². The number of hydrogen-bond acceptors (Lipinski definition) is 2. The second-order valence-electron chi connectivity index (χ2n) is 3.94. The Hall–Kier alpha value is -1.10. The van der Waals surface area contributed by atoms with E-state index in [4.69, 9.17) is 5.73 Å². The molecule has 3 nitrogen and oxygen atoms in total. The van der Waals surface area contributed by atoms with E-state index in [9.17, 15) is 14.3 Å². The fraction of sp³-hybridized carbons (Fsp3) is 0.417. The van der Waals surface area contributed by atoms with Crippen LogP contribution in [0.3, 0.4) is 0 Å². The van der Waals surface area contributed by atoms with Crippen LogP contribution in [0.5, 0.6) is 0 Å². The standard InChI is InChI=1S/C12H15BrFNO2/c1-3-12(4-2,11(16)17)8-5-7(14)6-9(13)10(8)15/h5-6H,3-4,15H2,1-2H3,(H,16,17). The SMILES string of the molecule is CCC(CC)(C(=O)O)c1cc(F)cc(Br)c1N. The fourth-order valence-electron chi connectivity index (χ4n) is 2.03. The minimum Gasteiger partial charge on any atom is -0.481 e. The first-order chi connectivity index (χ1) is 7.89. The molecule has 0 saturated heterocycles. The number of benzene rings is 1. The van der Waals surface area contributed by atoms with Gasteiger partial charge in [-0.05, 0) is 46.5 Å². The van der Waals surface area contributed by atoms with E-state index in [1.54, 1.807) is 13.8 Å². The van der Waals surface area contributed by atoms with Crippen molar-refractivity contribution in [2.75, 3.05) is 5.73 Å². The van der Waals surface area contributed by atoms with Gasteiger partial charge in [-0.15, -0.1) is 0 Å². The summed E-state index contributed by atoms with van der Waals surface area (Å²) in [5.74, 6) is -1.47. The average molecular weight is 304 g/mol. The van der Waals surface area contributed by atoms with Gasteiger partial charge in [0.1, 0.15) is 5.82 Å². The van der Waals surface area contributed by atoms with Crippen LogP contribution in [-0.2, 0) is 10.2 Å². The monoisotopic (exact) mass is 303 g/mol. The van der Waals surface area contributed by atoms with E-state index in [-0.39, 0.29) is 5.69 Å². The number of hydrogen-bond donors (Lipinski definition) is 2. The van der Waals surface area contributed by atoms with Gasteiger partial charge < -0.3 is 10.8 Å². The van der Waals surface area contributed by atoms with Gasteiger partial charge in [-0.3, -0.25) is 4.79 Å². The first-order valence-electron chi connectivity index (χ1n) is 5.37. The molecule has 0 atom stereocenters. The maximum absolute atomic E-state index is 13.4. The van der Waals surface area contributed by atoms with E-state index in [2.05, 4.69) is 15.9 Å². The van der Waals surface area contributed by atoms with Crippen LogP contribution in [0.1, 0.15) is 32.3 Å². The molecule has 0 fully saturated rings. The molecule has 94 valence electrons. The first kappa shape index (κ1) is 14.0. The van der Waals surface area contributed by atoms with Gasteiger partial charge in [0, 0.05) is 4.47 Å². The summed E-state index contributed by atoms with van der Waals surface area (Å²) in [6, 6.07) is 2.44. The second-order valence-corrected chi connectivity index (χ2v) is 4.80. The van der Waals surface area contributed by atoms with Crippen molar-refractivity contribution in [3.63, 3.8) is 0 Å². The lowest BCUT2D eigenvalue weighted by atomic mass is 9.75. The van der Waals surface area contributed by atoms with Crippen molar-refractivity contribution < 1.29 is 14.3 Å². The summed E-state index contributed by atoms with van der Waals surface area (Å²) in [6.07, 6.45) is 0.720. The normalized spacial score (nSPS) is 11.5. The Labute approximate surface area is 108 Å². The maximum Gasteiger partial charge on any atom is 0.314 e. The number of aliphatic carboxylic acids is 1. The van der Waals surface area contributed by atoms with Gasteiger partial charge in [-0.1, -0.05) is 13.8 Å². The van der Waals surface area contributed by atoms with Crippen molar-refractivity contribution >= 4 is 27.6 Å². The highest BCUT2D eigenvalue weighted by Crippen LogP contribution is 2.39. The lowest BCUT2D eigenvalue weighted by Gasteiger charge is -2.29. The molecule has 0 aromatic heterocycles. The number of anilines is 1. The van der Waals surface area contributed by atoms with Gasteiger partial charge in [0.25, 0.3) is 0 Å². The number of carboxylic acids is 1. The summed E-state index contributed by atoms with van der Waals surface area (Å²) in [7, 11) is 0. The summed E-state index contributed by atoms with van der Waals surface area (Å²) in [4.78, 5) is 11.5. The quantitative estimate of drug-likeness (QED) is 0.839. The number of nitrogens with two attached hydrogens (primary N) is 1. The number of halogens is 2. The summed E-state index contributed by atoms with van der Waals surface area (Å²) in [5.41, 5.74) is 5.34. The molecule has 17 heavy (non-hydrogen) atoms. The Kier molecular flexibility index (Phi) is 4.14. The average Bonchev–Trinajstić information content (AvgIpc) is 2.26. The minimum atomic E-state index is -1.13. The van der Waals surface area contributed by atoms with E-state index in [0.717, 1.165) is 0 Å². The molecule has 0 bridgehead atoms. The molecule has 0 aliphatic carbocycles. The van der Waals surface area contributed by atoms with Gasteiger partial charge in [0.2, 0.25) is 0 Å². The maximum atomic E-state index is 13.4. The molecule has 3 N–H and O–H groups in total. The zero-order chi connectivity index (χ0) is 13.2. The van der Waals surface area contributed by atoms with Crippen molar-refractivity contribution in [3.8, 4) is 0 Å². The highest BCUT2D eigenvalue weighted by atomic mass is 79.9. The van der Waals surface area contributed by atoms with Crippen LogP contribution in [-0.4, -0.2) is 11.1 Å². The number of carboxylic acid groups (broad SMARTS) is 1. The molecule has 0 saturated carbocycles. The molecule has 1 rings (SSSR count). The molecule has 0 radical (unpaired) electrons. The molecular weight excluding hydrogens is 289 g/mol. The lowest BCUT2D eigenvalue weighted by Crippen LogP contribution is -2.35. The second kappa shape index (κ2) is 5.04. The topological polar surface area (TPSA) is 63.3 Å². The third-order valence-electron chi connectivity index (χ3n) is 3.23. The largest absolute Gasteiger partial charge is 0.481 e. The molecule has 1 aromatic carbocycles. The van der Waals surface area contributed by atoms with E-state index in [0.29, 0.717) is 22.9 Å². The number of carbonyl (C=O) groups is 1. The van der Waals surface area contributed by atoms with Crippen LogP contribution >= 0.6 is 15.9 Å². The minimum absolute atomic E-state index is 0.289. The molecule has 0 spiro atoms. The smallest absolute Gasteiger partial charge is 0.314 e. The van der Waals surface area contributed by atoms with Crippen LogP contribution in [0.15, 0.2) is 16.6 Å².